The van der Waals surface area contributed by atoms with Crippen LogP contribution >= 0.6 is 0 Å². The van der Waals surface area contributed by atoms with E-state index in [1.807, 2.05) is 62.9 Å². The highest BCUT2D eigenvalue weighted by molar-refractivity contribution is 5.98. The van der Waals surface area contributed by atoms with E-state index in [0.717, 1.165) is 12.0 Å². The van der Waals surface area contributed by atoms with Crippen molar-refractivity contribution in [1.29, 1.82) is 0 Å². The topological polar surface area (TPSA) is 113 Å². The van der Waals surface area contributed by atoms with Crippen molar-refractivity contribution in [2.45, 2.75) is 77.7 Å². The predicted octanol–water partition coefficient (Wildman–Crippen LogP) is 4.28. The van der Waals surface area contributed by atoms with Crippen molar-refractivity contribution < 1.29 is 28.6 Å². The molecule has 3 unspecified atom stereocenters. The lowest BCUT2D eigenvalue weighted by atomic mass is 9.90. The zero-order chi connectivity index (χ0) is 31.0. The maximum atomic E-state index is 13.7. The molecule has 9 nitrogen and oxygen atoms in total. The van der Waals surface area contributed by atoms with Gasteiger partial charge in [-0.1, -0.05) is 51.1 Å². The molecule has 2 aliphatic rings. The van der Waals surface area contributed by atoms with Gasteiger partial charge in [-0.2, -0.15) is 0 Å². The van der Waals surface area contributed by atoms with Crippen molar-refractivity contribution >= 4 is 17.5 Å². The number of anilines is 1. The number of pyridine rings is 1. The van der Waals surface area contributed by atoms with Gasteiger partial charge >= 0.3 is 0 Å². The lowest BCUT2D eigenvalue weighted by Crippen LogP contribution is -2.59. The van der Waals surface area contributed by atoms with Crippen molar-refractivity contribution in [2.75, 3.05) is 37.8 Å². The maximum Gasteiger partial charge on any atom is 0.270 e. The lowest BCUT2D eigenvalue weighted by Gasteiger charge is -2.37. The van der Waals surface area contributed by atoms with Crippen LogP contribution in [-0.4, -0.2) is 72.6 Å². The van der Waals surface area contributed by atoms with Gasteiger partial charge in [-0.25, -0.2) is 9.37 Å². The summed E-state index contributed by atoms with van der Waals surface area (Å²) < 4.78 is 25.8. The van der Waals surface area contributed by atoms with Crippen LogP contribution < -0.4 is 20.3 Å². The average molecular weight is 599 g/mol. The summed E-state index contributed by atoms with van der Waals surface area (Å²) in [6.07, 6.45) is 1.50. The first-order valence-electron chi connectivity index (χ1n) is 15.6. The minimum absolute atomic E-state index is 0.0442. The van der Waals surface area contributed by atoms with Gasteiger partial charge in [-0.3, -0.25) is 9.59 Å². The van der Waals surface area contributed by atoms with Crippen LogP contribution in [0.15, 0.2) is 42.5 Å². The van der Waals surface area contributed by atoms with Gasteiger partial charge in [0.2, 0.25) is 11.8 Å². The van der Waals surface area contributed by atoms with Gasteiger partial charge < -0.3 is 30.1 Å². The van der Waals surface area contributed by atoms with Gasteiger partial charge in [-0.15, -0.1) is 0 Å². The molecule has 1 saturated heterocycles. The third kappa shape index (κ3) is 8.66. The third-order valence-electron chi connectivity index (χ3n) is 8.64. The summed E-state index contributed by atoms with van der Waals surface area (Å²) in [5.74, 6) is 0.326. The van der Waals surface area contributed by atoms with Crippen molar-refractivity contribution in [1.82, 2.24) is 15.6 Å². The number of carbonyl (C=O) groups excluding carboxylic acids is 2. The number of benzene rings is 1. The molecule has 2 heterocycles. The monoisotopic (exact) mass is 598 g/mol. The van der Waals surface area contributed by atoms with E-state index >= 15 is 0 Å². The number of hydrogen-bond donors (Lipinski definition) is 3. The molecule has 0 radical (unpaired) electrons. The molecule has 236 valence electrons. The smallest absolute Gasteiger partial charge is 0.270 e. The van der Waals surface area contributed by atoms with Crippen LogP contribution in [0.2, 0.25) is 0 Å². The van der Waals surface area contributed by atoms with Crippen molar-refractivity contribution in [3.63, 3.8) is 0 Å². The molecule has 0 spiro atoms. The molecule has 1 saturated carbocycles. The Hall–Kier alpha value is -3.24. The van der Waals surface area contributed by atoms with Crippen LogP contribution in [0.4, 0.5) is 10.1 Å². The van der Waals surface area contributed by atoms with E-state index in [0.29, 0.717) is 62.5 Å². The Morgan fingerprint density at radius 1 is 1.09 bits per heavy atom. The largest absolute Gasteiger partial charge is 0.476 e. The summed E-state index contributed by atoms with van der Waals surface area (Å²) in [6, 6.07) is 13.2. The van der Waals surface area contributed by atoms with Gasteiger partial charge in [0.1, 0.15) is 23.1 Å². The van der Waals surface area contributed by atoms with Crippen LogP contribution in [0.5, 0.6) is 5.88 Å². The number of hydrogen-bond acceptors (Lipinski definition) is 7. The highest BCUT2D eigenvalue weighted by Gasteiger charge is 2.40. The Morgan fingerprint density at radius 2 is 1.79 bits per heavy atom. The number of alkyl halides is 1. The number of aliphatic hydroxyl groups is 1. The van der Waals surface area contributed by atoms with Crippen molar-refractivity contribution in [2.24, 2.45) is 17.8 Å². The molecule has 1 aromatic carbocycles. The van der Waals surface area contributed by atoms with Crippen LogP contribution in [0.1, 0.15) is 69.4 Å². The fourth-order valence-electron chi connectivity index (χ4n) is 5.52. The second-order valence-corrected chi connectivity index (χ2v) is 12.2. The van der Waals surface area contributed by atoms with E-state index in [9.17, 15) is 19.1 Å². The number of amides is 2. The molecule has 10 heteroatoms. The van der Waals surface area contributed by atoms with E-state index in [2.05, 4.69) is 15.6 Å². The summed E-state index contributed by atoms with van der Waals surface area (Å²) in [4.78, 5) is 33.2. The van der Waals surface area contributed by atoms with Gasteiger partial charge in [0.25, 0.3) is 5.91 Å². The maximum absolute atomic E-state index is 13.7. The molecule has 43 heavy (non-hydrogen) atoms. The minimum atomic E-state index is -1.12. The predicted molar refractivity (Wildman–Crippen MR) is 164 cm³/mol. The van der Waals surface area contributed by atoms with Crippen molar-refractivity contribution in [3.05, 3.63) is 53.7 Å². The molecule has 2 amide bonds. The fourth-order valence-corrected chi connectivity index (χ4v) is 5.52. The van der Waals surface area contributed by atoms with E-state index in [1.54, 1.807) is 12.1 Å². The Balaban J connectivity index is 1.39. The number of rotatable bonds is 17. The zero-order valence-electron chi connectivity index (χ0n) is 25.9. The SMILES string of the molecule is CCC(CC)(NC(=O)c1ccc(N2CC(F)C2)c(OCC2CC2COCc2ccccc2)n1)C(=O)N[C@@H](C)CC(C)CO. The van der Waals surface area contributed by atoms with Crippen LogP contribution in [0.25, 0.3) is 0 Å². The second kappa shape index (κ2) is 15.0. The van der Waals surface area contributed by atoms with E-state index in [-0.39, 0.29) is 43.3 Å². The normalized spacial score (nSPS) is 19.7. The number of halogens is 1. The number of aliphatic hydroxyl groups excluding tert-OH is 1. The van der Waals surface area contributed by atoms with E-state index < -0.39 is 17.6 Å². The number of nitrogens with one attached hydrogen (secondary N) is 2. The number of ether oxygens (including phenoxy) is 2. The third-order valence-corrected chi connectivity index (χ3v) is 8.64. The van der Waals surface area contributed by atoms with Gasteiger partial charge in [-0.05, 0) is 68.1 Å². The van der Waals surface area contributed by atoms with Gasteiger partial charge in [0.05, 0.1) is 32.9 Å². The van der Waals surface area contributed by atoms with Crippen LogP contribution in [0.3, 0.4) is 0 Å². The van der Waals surface area contributed by atoms with Crippen molar-refractivity contribution in [3.8, 4) is 5.88 Å². The first-order chi connectivity index (χ1) is 20.7. The Morgan fingerprint density at radius 3 is 2.44 bits per heavy atom. The molecule has 4 rings (SSSR count). The molecular formula is C33H47FN4O5. The van der Waals surface area contributed by atoms with E-state index in [1.165, 1.54) is 0 Å². The van der Waals surface area contributed by atoms with Crippen LogP contribution in [0, 0.1) is 17.8 Å². The van der Waals surface area contributed by atoms with Gasteiger partial charge in [0.15, 0.2) is 0 Å². The quantitative estimate of drug-likeness (QED) is 0.249. The summed E-state index contributed by atoms with van der Waals surface area (Å²) in [7, 11) is 0. The summed E-state index contributed by atoms with van der Waals surface area (Å²) >= 11 is 0. The summed E-state index contributed by atoms with van der Waals surface area (Å²) in [6.45, 7) is 9.74. The summed E-state index contributed by atoms with van der Waals surface area (Å²) in [5.41, 5.74) is 0.814. The van der Waals surface area contributed by atoms with Gasteiger partial charge in [0, 0.05) is 12.6 Å². The summed E-state index contributed by atoms with van der Waals surface area (Å²) in [5, 5.41) is 15.3. The molecule has 2 aromatic rings. The number of nitrogens with zero attached hydrogens (tertiary/aromatic N) is 2. The highest BCUT2D eigenvalue weighted by Crippen LogP contribution is 2.40. The minimum Gasteiger partial charge on any atom is -0.476 e. The first kappa shape index (κ1) is 32.7. The molecule has 2 fully saturated rings. The Bertz CT molecular complexity index is 1210. The molecule has 1 aliphatic carbocycles. The average Bonchev–Trinajstić information content (AvgIpc) is 3.75. The lowest BCUT2D eigenvalue weighted by molar-refractivity contribution is -0.128. The second-order valence-electron chi connectivity index (χ2n) is 12.2. The Kier molecular flexibility index (Phi) is 11.4. The zero-order valence-corrected chi connectivity index (χ0v) is 25.9. The number of carbonyl (C=O) groups is 2. The molecule has 1 aliphatic heterocycles. The fraction of sp³-hybridized carbons (Fsp3) is 0.606. The number of aromatic nitrogens is 1. The molecule has 3 N–H and O–H groups in total. The first-order valence-corrected chi connectivity index (χ1v) is 15.6. The van der Waals surface area contributed by atoms with E-state index in [4.69, 9.17) is 9.47 Å². The Labute approximate surface area is 254 Å². The molecule has 1 aromatic heterocycles. The highest BCUT2D eigenvalue weighted by atomic mass is 19.1. The molecule has 4 atom stereocenters. The molecule has 0 bridgehead atoms. The standard InChI is InChI=1S/C33H47FN4O5/c1-5-33(6-2,32(41)35-23(4)14-22(3)18-39)37-30(40)28-12-13-29(38-16-27(34)17-38)31(36-28)43-21-26-15-25(26)20-42-19-24-10-8-7-9-11-24/h7-13,22-23,25-27,39H,5-6,14-21H2,1-4H3,(H,35,41)(H,37,40)/t22?,23-,25?,26?/m0/s1. The van der Waals surface area contributed by atoms with Crippen LogP contribution in [-0.2, 0) is 16.1 Å². The molecular weight excluding hydrogens is 551 g/mol.